The molecule has 2 rings (SSSR count). The maximum atomic E-state index is 10.5. The van der Waals surface area contributed by atoms with Gasteiger partial charge < -0.3 is 14.6 Å². The zero-order valence-corrected chi connectivity index (χ0v) is 12.4. The molecule has 0 bridgehead atoms. The Labute approximate surface area is 123 Å². The van der Waals surface area contributed by atoms with Crippen molar-refractivity contribution in [3.8, 4) is 11.5 Å². The Morgan fingerprint density at radius 2 is 1.80 bits per heavy atom. The lowest BCUT2D eigenvalue weighted by Crippen LogP contribution is -2.03. The molecule has 0 aliphatic carbocycles. The van der Waals surface area contributed by atoms with Gasteiger partial charge in [-0.15, -0.1) is 0 Å². The van der Waals surface area contributed by atoms with Gasteiger partial charge in [-0.1, -0.05) is 23.7 Å². The summed E-state index contributed by atoms with van der Waals surface area (Å²) in [5.74, 6) is 1.26. The monoisotopic (exact) mass is 292 g/mol. The van der Waals surface area contributed by atoms with Crippen molar-refractivity contribution in [2.24, 2.45) is 0 Å². The highest BCUT2D eigenvalue weighted by Crippen LogP contribution is 2.34. The number of rotatable bonds is 4. The summed E-state index contributed by atoms with van der Waals surface area (Å²) in [6.07, 6.45) is -0.797. The van der Waals surface area contributed by atoms with Crippen LogP contribution in [0.3, 0.4) is 0 Å². The molecule has 2 aromatic carbocycles. The molecule has 2 aromatic rings. The maximum Gasteiger partial charge on any atom is 0.128 e. The first-order chi connectivity index (χ1) is 9.56. The Hall–Kier alpha value is -1.71. The third-order valence-electron chi connectivity index (χ3n) is 3.25. The molecular formula is C16H17ClO3. The lowest BCUT2D eigenvalue weighted by atomic mass is 9.99. The van der Waals surface area contributed by atoms with E-state index in [0.717, 1.165) is 11.1 Å². The van der Waals surface area contributed by atoms with Crippen LogP contribution in [0.4, 0.5) is 0 Å². The summed E-state index contributed by atoms with van der Waals surface area (Å²) in [4.78, 5) is 0. The second-order valence-corrected chi connectivity index (χ2v) is 4.93. The van der Waals surface area contributed by atoms with Crippen LogP contribution in [0.15, 0.2) is 36.4 Å². The quantitative estimate of drug-likeness (QED) is 0.933. The summed E-state index contributed by atoms with van der Waals surface area (Å²) < 4.78 is 10.5. The summed E-state index contributed by atoms with van der Waals surface area (Å²) in [6.45, 7) is 1.92. The van der Waals surface area contributed by atoms with E-state index in [9.17, 15) is 5.11 Å². The van der Waals surface area contributed by atoms with Crippen LogP contribution in [0.5, 0.6) is 11.5 Å². The minimum Gasteiger partial charge on any atom is -0.497 e. The van der Waals surface area contributed by atoms with E-state index < -0.39 is 6.10 Å². The van der Waals surface area contributed by atoms with Crippen LogP contribution in [0.2, 0.25) is 5.02 Å². The molecule has 0 aliphatic heterocycles. The van der Waals surface area contributed by atoms with Crippen molar-refractivity contribution in [3.63, 3.8) is 0 Å². The van der Waals surface area contributed by atoms with Crippen molar-refractivity contribution < 1.29 is 14.6 Å². The molecule has 1 unspecified atom stereocenters. The maximum absolute atomic E-state index is 10.5. The zero-order valence-electron chi connectivity index (χ0n) is 11.7. The van der Waals surface area contributed by atoms with Crippen molar-refractivity contribution in [3.05, 3.63) is 58.1 Å². The predicted molar refractivity (Wildman–Crippen MR) is 79.8 cm³/mol. The van der Waals surface area contributed by atoms with Crippen molar-refractivity contribution in [1.82, 2.24) is 0 Å². The normalized spacial score (nSPS) is 12.1. The topological polar surface area (TPSA) is 38.7 Å². The Bertz CT molecular complexity index is 611. The molecule has 0 amide bonds. The van der Waals surface area contributed by atoms with Crippen molar-refractivity contribution >= 4 is 11.6 Å². The van der Waals surface area contributed by atoms with Gasteiger partial charge in [0.05, 0.1) is 14.2 Å². The van der Waals surface area contributed by atoms with Crippen LogP contribution >= 0.6 is 11.6 Å². The first kappa shape index (κ1) is 14.7. The van der Waals surface area contributed by atoms with Gasteiger partial charge in [0, 0.05) is 16.7 Å². The molecule has 0 saturated carbocycles. The second-order valence-electron chi connectivity index (χ2n) is 4.52. The van der Waals surface area contributed by atoms with Crippen LogP contribution in [-0.2, 0) is 0 Å². The van der Waals surface area contributed by atoms with Gasteiger partial charge in [-0.3, -0.25) is 0 Å². The highest BCUT2D eigenvalue weighted by Gasteiger charge is 2.17. The molecule has 0 fully saturated rings. The van der Waals surface area contributed by atoms with Crippen LogP contribution < -0.4 is 9.47 Å². The number of hydrogen-bond donors (Lipinski definition) is 1. The van der Waals surface area contributed by atoms with E-state index in [2.05, 4.69) is 0 Å². The summed E-state index contributed by atoms with van der Waals surface area (Å²) in [5, 5.41) is 11.1. The molecule has 106 valence electrons. The minimum absolute atomic E-state index is 0.577. The number of aliphatic hydroxyl groups is 1. The fraction of sp³-hybridized carbons (Fsp3) is 0.250. The first-order valence-electron chi connectivity index (χ1n) is 6.23. The van der Waals surface area contributed by atoms with Crippen LogP contribution in [0, 0.1) is 6.92 Å². The highest BCUT2D eigenvalue weighted by atomic mass is 35.5. The molecule has 0 aliphatic rings. The van der Waals surface area contributed by atoms with Gasteiger partial charge in [0.1, 0.15) is 17.6 Å². The predicted octanol–water partition coefficient (Wildman–Crippen LogP) is 3.75. The second kappa shape index (κ2) is 6.16. The van der Waals surface area contributed by atoms with Crippen molar-refractivity contribution in [2.45, 2.75) is 13.0 Å². The molecule has 0 heterocycles. The molecule has 0 saturated heterocycles. The van der Waals surface area contributed by atoms with Crippen LogP contribution in [0.25, 0.3) is 0 Å². The third kappa shape index (κ3) is 2.89. The SMILES string of the molecule is COc1ccc(C(O)c2ccc(C)c(Cl)c2)c(OC)c1. The number of halogens is 1. The van der Waals surface area contributed by atoms with Crippen LogP contribution in [0.1, 0.15) is 22.8 Å². The number of ether oxygens (including phenoxy) is 2. The van der Waals surface area contributed by atoms with Gasteiger partial charge in [0.15, 0.2) is 0 Å². The van der Waals surface area contributed by atoms with Gasteiger partial charge in [0.25, 0.3) is 0 Å². The standard InChI is InChI=1S/C16H17ClO3/c1-10-4-5-11(8-14(10)17)16(18)13-7-6-12(19-2)9-15(13)20-3/h4-9,16,18H,1-3H3. The molecule has 20 heavy (non-hydrogen) atoms. The summed E-state index contributed by atoms with van der Waals surface area (Å²) in [6, 6.07) is 10.8. The van der Waals surface area contributed by atoms with Crippen molar-refractivity contribution in [1.29, 1.82) is 0 Å². The Kier molecular flexibility index (Phi) is 4.53. The largest absolute Gasteiger partial charge is 0.497 e. The Balaban J connectivity index is 2.41. The average molecular weight is 293 g/mol. The molecule has 0 spiro atoms. The van der Waals surface area contributed by atoms with Crippen LogP contribution in [-0.4, -0.2) is 19.3 Å². The fourth-order valence-electron chi connectivity index (χ4n) is 2.00. The van der Waals surface area contributed by atoms with Gasteiger partial charge in [-0.2, -0.15) is 0 Å². The van der Waals surface area contributed by atoms with E-state index in [1.54, 1.807) is 38.5 Å². The smallest absolute Gasteiger partial charge is 0.128 e. The lowest BCUT2D eigenvalue weighted by Gasteiger charge is -2.16. The fourth-order valence-corrected chi connectivity index (χ4v) is 2.19. The highest BCUT2D eigenvalue weighted by molar-refractivity contribution is 6.31. The summed E-state index contributed by atoms with van der Waals surface area (Å²) >= 11 is 6.10. The third-order valence-corrected chi connectivity index (χ3v) is 3.65. The number of aliphatic hydroxyl groups excluding tert-OH is 1. The van der Waals surface area contributed by atoms with Gasteiger partial charge in [-0.25, -0.2) is 0 Å². The lowest BCUT2D eigenvalue weighted by molar-refractivity contribution is 0.214. The summed E-state index contributed by atoms with van der Waals surface area (Å²) in [5.41, 5.74) is 2.38. The number of methoxy groups -OCH3 is 2. The Morgan fingerprint density at radius 1 is 1.05 bits per heavy atom. The van der Waals surface area contributed by atoms with E-state index in [4.69, 9.17) is 21.1 Å². The van der Waals surface area contributed by atoms with E-state index in [1.165, 1.54) is 0 Å². The number of hydrogen-bond acceptors (Lipinski definition) is 3. The van der Waals surface area contributed by atoms with E-state index in [0.29, 0.717) is 22.1 Å². The molecular weight excluding hydrogens is 276 g/mol. The van der Waals surface area contributed by atoms with Gasteiger partial charge in [0.2, 0.25) is 0 Å². The van der Waals surface area contributed by atoms with Crippen molar-refractivity contribution in [2.75, 3.05) is 14.2 Å². The van der Waals surface area contributed by atoms with E-state index in [-0.39, 0.29) is 0 Å². The zero-order chi connectivity index (χ0) is 14.7. The molecule has 1 atom stereocenters. The molecule has 1 N–H and O–H groups in total. The molecule has 0 radical (unpaired) electrons. The van der Waals surface area contributed by atoms with E-state index in [1.807, 2.05) is 19.1 Å². The Morgan fingerprint density at radius 3 is 2.40 bits per heavy atom. The molecule has 4 heteroatoms. The first-order valence-corrected chi connectivity index (χ1v) is 6.60. The summed E-state index contributed by atoms with van der Waals surface area (Å²) in [7, 11) is 3.15. The van der Waals surface area contributed by atoms with Gasteiger partial charge >= 0.3 is 0 Å². The molecule has 0 aromatic heterocycles. The minimum atomic E-state index is -0.797. The van der Waals surface area contributed by atoms with E-state index >= 15 is 0 Å². The number of benzene rings is 2. The number of aryl methyl sites for hydroxylation is 1. The average Bonchev–Trinajstić information content (AvgIpc) is 2.48. The van der Waals surface area contributed by atoms with Gasteiger partial charge in [-0.05, 0) is 36.2 Å². The molecule has 3 nitrogen and oxygen atoms in total.